The Bertz CT molecular complexity index is 1520. The van der Waals surface area contributed by atoms with Crippen LogP contribution in [0.1, 0.15) is 16.0 Å². The van der Waals surface area contributed by atoms with E-state index in [-0.39, 0.29) is 0 Å². The first-order valence-corrected chi connectivity index (χ1v) is 13.2. The molecule has 0 atom stereocenters. The summed E-state index contributed by atoms with van der Waals surface area (Å²) in [5, 5.41) is 4.07. The molecule has 0 aliphatic rings. The molecule has 0 bridgehead atoms. The number of benzene rings is 2. The van der Waals surface area contributed by atoms with Crippen LogP contribution in [0.15, 0.2) is 101 Å². The van der Waals surface area contributed by atoms with Crippen molar-refractivity contribution in [3.05, 3.63) is 121 Å². The molecule has 0 unspecified atom stereocenters. The monoisotopic (exact) mass is 516 g/mol. The van der Waals surface area contributed by atoms with Gasteiger partial charge in [-0.1, -0.05) is 72.8 Å². The summed E-state index contributed by atoms with van der Waals surface area (Å²) < 4.78 is 4.86. The molecule has 0 saturated heterocycles. The molecular formula is C26H20N4S4. The molecule has 3 aromatic heterocycles. The van der Waals surface area contributed by atoms with E-state index in [4.69, 9.17) is 34.4 Å². The van der Waals surface area contributed by atoms with Crippen LogP contribution in [0.3, 0.4) is 0 Å². The highest BCUT2D eigenvalue weighted by molar-refractivity contribution is 7.72. The number of thiophene rings is 2. The second kappa shape index (κ2) is 10.5. The predicted octanol–water partition coefficient (Wildman–Crippen LogP) is 7.48. The number of hydrogen-bond acceptors (Lipinski definition) is 6. The van der Waals surface area contributed by atoms with Gasteiger partial charge in [0, 0.05) is 0 Å². The first-order chi connectivity index (χ1) is 16.7. The Morgan fingerprint density at radius 3 is 2.12 bits per heavy atom. The third kappa shape index (κ3) is 4.90. The molecule has 2 aromatic carbocycles. The van der Waals surface area contributed by atoms with Crippen molar-refractivity contribution in [1.29, 1.82) is 0 Å². The van der Waals surface area contributed by atoms with Gasteiger partial charge in [0.15, 0.2) is 16.4 Å². The molecule has 0 radical (unpaired) electrons. The molecule has 5 rings (SSSR count). The summed E-state index contributed by atoms with van der Waals surface area (Å²) >= 11 is 15.1. The Kier molecular flexibility index (Phi) is 7.01. The smallest absolute Gasteiger partial charge is 0.209 e. The zero-order valence-corrected chi connectivity index (χ0v) is 21.3. The average molecular weight is 517 g/mol. The molecule has 5 aromatic rings. The third-order valence-electron chi connectivity index (χ3n) is 5.20. The number of aliphatic imine (C=N–C) groups is 1. The second-order valence-electron chi connectivity index (χ2n) is 7.49. The lowest BCUT2D eigenvalue weighted by atomic mass is 10.2. The predicted molar refractivity (Wildman–Crippen MR) is 147 cm³/mol. The lowest BCUT2D eigenvalue weighted by molar-refractivity contribution is 0.705. The molecule has 0 aliphatic carbocycles. The van der Waals surface area contributed by atoms with Crippen molar-refractivity contribution in [2.24, 2.45) is 4.99 Å². The van der Waals surface area contributed by atoms with E-state index in [9.17, 15) is 0 Å². The molecule has 0 spiro atoms. The second-order valence-corrected chi connectivity index (χ2v) is 10.1. The first-order valence-electron chi connectivity index (χ1n) is 10.6. The summed E-state index contributed by atoms with van der Waals surface area (Å²) in [4.78, 5) is 11.9. The highest BCUT2D eigenvalue weighted by Crippen LogP contribution is 2.25. The van der Waals surface area contributed by atoms with Crippen molar-refractivity contribution in [1.82, 2.24) is 14.1 Å². The molecule has 168 valence electrons. The molecule has 34 heavy (non-hydrogen) atoms. The molecule has 0 saturated carbocycles. The Morgan fingerprint density at radius 1 is 0.794 bits per heavy atom. The minimum atomic E-state index is 0.401. The van der Waals surface area contributed by atoms with Crippen LogP contribution in [-0.2, 0) is 13.1 Å². The van der Waals surface area contributed by atoms with E-state index < -0.39 is 0 Å². The quantitative estimate of drug-likeness (QED) is 0.133. The van der Waals surface area contributed by atoms with Crippen molar-refractivity contribution in [2.45, 2.75) is 13.1 Å². The molecule has 4 nitrogen and oxygen atoms in total. The Morgan fingerprint density at radius 2 is 1.47 bits per heavy atom. The normalized spacial score (nSPS) is 11.6. The molecule has 0 N–H and O–H groups in total. The highest BCUT2D eigenvalue weighted by atomic mass is 32.1. The van der Waals surface area contributed by atoms with Crippen molar-refractivity contribution in [3.63, 3.8) is 0 Å². The van der Waals surface area contributed by atoms with Gasteiger partial charge in [-0.25, -0.2) is 9.55 Å². The van der Waals surface area contributed by atoms with Crippen LogP contribution in [0, 0.1) is 9.54 Å². The van der Waals surface area contributed by atoms with Gasteiger partial charge in [-0.2, -0.15) is 0 Å². The number of rotatable bonds is 6. The number of hydrogen-bond donors (Lipinski definition) is 0. The van der Waals surface area contributed by atoms with Crippen LogP contribution in [0.2, 0.25) is 0 Å². The zero-order chi connectivity index (χ0) is 23.3. The van der Waals surface area contributed by atoms with Gasteiger partial charge in [0.2, 0.25) is 4.77 Å². The molecule has 0 amide bonds. The zero-order valence-electron chi connectivity index (χ0n) is 18.1. The minimum absolute atomic E-state index is 0.401. The van der Waals surface area contributed by atoms with E-state index in [1.807, 2.05) is 76.0 Å². The fraction of sp³-hybridized carbons (Fsp3) is 0.0769. The molecular weight excluding hydrogens is 497 g/mol. The van der Waals surface area contributed by atoms with Gasteiger partial charge in [0.05, 0.1) is 22.8 Å². The summed E-state index contributed by atoms with van der Waals surface area (Å²) in [6, 6.07) is 28.6. The van der Waals surface area contributed by atoms with Crippen molar-refractivity contribution in [2.75, 3.05) is 0 Å². The van der Waals surface area contributed by atoms with Crippen molar-refractivity contribution in [3.8, 4) is 10.7 Å². The fourth-order valence-corrected chi connectivity index (χ4v) is 5.68. The lowest BCUT2D eigenvalue weighted by Crippen LogP contribution is -2.22. The minimum Gasteiger partial charge on any atom is -0.297 e. The molecule has 0 fully saturated rings. The van der Waals surface area contributed by atoms with E-state index in [2.05, 4.69) is 28.8 Å². The maximum Gasteiger partial charge on any atom is 0.209 e. The van der Waals surface area contributed by atoms with Crippen LogP contribution in [0.25, 0.3) is 10.7 Å². The summed E-state index contributed by atoms with van der Waals surface area (Å²) in [5.41, 5.74) is 2.26. The standard InChI is InChI=1S/C26H20N4S4/c31-25-28-24(22-14-8-16-34-22)29(18-20-11-5-2-6-12-20)26(32)30(25)23(21-13-7-15-33-21)27-17-19-9-3-1-4-10-19/h1-16H,17-18H2. The number of nitrogens with zero attached hydrogens (tertiary/aromatic N) is 4. The van der Waals surface area contributed by atoms with Gasteiger partial charge in [-0.15, -0.1) is 22.7 Å². The van der Waals surface area contributed by atoms with Gasteiger partial charge in [0.25, 0.3) is 0 Å². The molecule has 0 aliphatic heterocycles. The topological polar surface area (TPSA) is 35.1 Å². The average Bonchev–Trinajstić information content (AvgIpc) is 3.59. The largest absolute Gasteiger partial charge is 0.297 e. The first kappa shape index (κ1) is 22.7. The summed E-state index contributed by atoms with van der Waals surface area (Å²) in [6.07, 6.45) is 0. The Balaban J connectivity index is 1.70. The number of aromatic nitrogens is 3. The summed E-state index contributed by atoms with van der Waals surface area (Å²) in [7, 11) is 0. The van der Waals surface area contributed by atoms with Gasteiger partial charge >= 0.3 is 0 Å². The van der Waals surface area contributed by atoms with Crippen molar-refractivity contribution < 1.29 is 0 Å². The van der Waals surface area contributed by atoms with Crippen molar-refractivity contribution >= 4 is 52.9 Å². The fourth-order valence-electron chi connectivity index (χ4n) is 3.59. The van der Waals surface area contributed by atoms with Crippen LogP contribution >= 0.6 is 47.1 Å². The van der Waals surface area contributed by atoms with Gasteiger partial charge < -0.3 is 0 Å². The van der Waals surface area contributed by atoms with E-state index in [0.717, 1.165) is 32.5 Å². The molecule has 3 heterocycles. The summed E-state index contributed by atoms with van der Waals surface area (Å²) in [6.45, 7) is 1.11. The molecule has 8 heteroatoms. The Hall–Kier alpha value is -3.04. The van der Waals surface area contributed by atoms with E-state index in [1.54, 1.807) is 22.7 Å². The van der Waals surface area contributed by atoms with E-state index in [1.165, 1.54) is 0 Å². The SMILES string of the molecule is S=c1nc(-c2cccs2)n(Cc2ccccc2)c(=S)n1C(=NCc1ccccc1)c1cccs1. The maximum absolute atomic E-state index is 6.07. The van der Waals surface area contributed by atoms with Gasteiger partial charge in [0.1, 0.15) is 0 Å². The lowest BCUT2D eigenvalue weighted by Gasteiger charge is -2.17. The van der Waals surface area contributed by atoms with Crippen LogP contribution < -0.4 is 0 Å². The van der Waals surface area contributed by atoms with Gasteiger partial charge in [-0.3, -0.25) is 9.56 Å². The van der Waals surface area contributed by atoms with E-state index in [0.29, 0.717) is 22.6 Å². The van der Waals surface area contributed by atoms with Crippen LogP contribution in [-0.4, -0.2) is 20.0 Å². The van der Waals surface area contributed by atoms with Gasteiger partial charge in [-0.05, 0) is 58.5 Å². The third-order valence-corrected chi connectivity index (χ3v) is 7.61. The van der Waals surface area contributed by atoms with Crippen LogP contribution in [0.4, 0.5) is 0 Å². The Labute approximate surface area is 216 Å². The van der Waals surface area contributed by atoms with E-state index >= 15 is 0 Å². The highest BCUT2D eigenvalue weighted by Gasteiger charge is 2.17. The summed E-state index contributed by atoms with van der Waals surface area (Å²) in [5.74, 6) is 1.50. The van der Waals surface area contributed by atoms with Crippen LogP contribution in [0.5, 0.6) is 0 Å². The maximum atomic E-state index is 6.07.